The van der Waals surface area contributed by atoms with Crippen LogP contribution in [0.15, 0.2) is 0 Å². The molecule has 1 unspecified atom stereocenters. The predicted molar refractivity (Wildman–Crippen MR) is 59.8 cm³/mol. The second-order valence-corrected chi connectivity index (χ2v) is 4.10. The normalized spacial score (nSPS) is 13.6. The lowest BCUT2D eigenvalue weighted by Crippen LogP contribution is -2.24. The van der Waals surface area contributed by atoms with Gasteiger partial charge in [0.2, 0.25) is 0 Å². The second-order valence-electron chi connectivity index (χ2n) is 4.10. The van der Waals surface area contributed by atoms with E-state index in [0.29, 0.717) is 6.04 Å². The Hall–Kier alpha value is -0.0800. The van der Waals surface area contributed by atoms with Crippen molar-refractivity contribution in [3.05, 3.63) is 0 Å². The number of nitrogens with two attached hydrogens (primary N) is 1. The van der Waals surface area contributed by atoms with Crippen molar-refractivity contribution >= 4 is 0 Å². The molecule has 1 atom stereocenters. The molecule has 0 bridgehead atoms. The first-order chi connectivity index (χ1) is 6.20. The van der Waals surface area contributed by atoms with Crippen LogP contribution in [0.5, 0.6) is 0 Å². The first-order valence-corrected chi connectivity index (χ1v) is 5.64. The van der Waals surface area contributed by atoms with Gasteiger partial charge in [-0.1, -0.05) is 27.2 Å². The van der Waals surface area contributed by atoms with E-state index in [4.69, 9.17) is 5.73 Å². The molecular weight excluding hydrogens is 160 g/mol. The van der Waals surface area contributed by atoms with E-state index in [1.165, 1.54) is 25.7 Å². The third-order valence-corrected chi connectivity index (χ3v) is 2.49. The molecule has 3 N–H and O–H groups in total. The van der Waals surface area contributed by atoms with Crippen molar-refractivity contribution in [2.75, 3.05) is 13.1 Å². The minimum Gasteiger partial charge on any atom is -0.330 e. The molecule has 2 nitrogen and oxygen atoms in total. The zero-order valence-corrected chi connectivity index (χ0v) is 9.47. The Morgan fingerprint density at radius 1 is 1.23 bits per heavy atom. The molecule has 0 aromatic heterocycles. The minimum absolute atomic E-state index is 0.620. The van der Waals surface area contributed by atoms with E-state index < -0.39 is 0 Å². The zero-order valence-electron chi connectivity index (χ0n) is 9.47. The Kier molecular flexibility index (Phi) is 8.46. The van der Waals surface area contributed by atoms with Crippen molar-refractivity contribution in [3.63, 3.8) is 0 Å². The SMILES string of the molecule is CCC(CCN)CCCNC(C)C. The van der Waals surface area contributed by atoms with Crippen molar-refractivity contribution in [2.24, 2.45) is 11.7 Å². The second kappa shape index (κ2) is 8.52. The fraction of sp³-hybridized carbons (Fsp3) is 1.00. The van der Waals surface area contributed by atoms with Crippen molar-refractivity contribution in [2.45, 2.75) is 52.5 Å². The maximum absolute atomic E-state index is 5.54. The van der Waals surface area contributed by atoms with Crippen LogP contribution >= 0.6 is 0 Å². The molecule has 0 radical (unpaired) electrons. The molecule has 0 spiro atoms. The number of hydrogen-bond donors (Lipinski definition) is 2. The Morgan fingerprint density at radius 2 is 1.92 bits per heavy atom. The molecule has 0 aromatic rings. The minimum atomic E-state index is 0.620. The van der Waals surface area contributed by atoms with Crippen LogP contribution in [-0.2, 0) is 0 Å². The highest BCUT2D eigenvalue weighted by Crippen LogP contribution is 2.13. The summed E-state index contributed by atoms with van der Waals surface area (Å²) in [5.74, 6) is 0.846. The largest absolute Gasteiger partial charge is 0.330 e. The van der Waals surface area contributed by atoms with Gasteiger partial charge in [0.15, 0.2) is 0 Å². The molecule has 0 heterocycles. The van der Waals surface area contributed by atoms with Crippen molar-refractivity contribution in [1.29, 1.82) is 0 Å². The summed E-state index contributed by atoms with van der Waals surface area (Å²) in [5.41, 5.74) is 5.54. The maximum atomic E-state index is 5.54. The highest BCUT2D eigenvalue weighted by Gasteiger charge is 2.04. The van der Waals surface area contributed by atoms with Crippen LogP contribution in [0.3, 0.4) is 0 Å². The number of hydrogen-bond acceptors (Lipinski definition) is 2. The summed E-state index contributed by atoms with van der Waals surface area (Å²) in [6.45, 7) is 8.64. The molecule has 0 amide bonds. The Bertz CT molecular complexity index is 102. The molecule has 0 aliphatic rings. The molecule has 0 rings (SSSR count). The van der Waals surface area contributed by atoms with Crippen LogP contribution in [-0.4, -0.2) is 19.1 Å². The van der Waals surface area contributed by atoms with Crippen molar-refractivity contribution in [3.8, 4) is 0 Å². The summed E-state index contributed by atoms with van der Waals surface area (Å²) in [7, 11) is 0. The average Bonchev–Trinajstić information content (AvgIpc) is 2.10. The molecule has 13 heavy (non-hydrogen) atoms. The molecule has 0 aliphatic heterocycles. The van der Waals surface area contributed by atoms with Crippen LogP contribution in [0.25, 0.3) is 0 Å². The lowest BCUT2D eigenvalue weighted by Gasteiger charge is -2.14. The number of nitrogens with one attached hydrogen (secondary N) is 1. The Labute approximate surface area is 83.3 Å². The summed E-state index contributed by atoms with van der Waals surface area (Å²) >= 11 is 0. The first kappa shape index (κ1) is 12.9. The zero-order chi connectivity index (χ0) is 10.1. The Morgan fingerprint density at radius 3 is 2.38 bits per heavy atom. The molecule has 80 valence electrons. The van der Waals surface area contributed by atoms with E-state index in [0.717, 1.165) is 19.0 Å². The molecular formula is C11H26N2. The van der Waals surface area contributed by atoms with Gasteiger partial charge in [0.25, 0.3) is 0 Å². The fourth-order valence-electron chi connectivity index (χ4n) is 1.57. The first-order valence-electron chi connectivity index (χ1n) is 5.64. The van der Waals surface area contributed by atoms with Crippen molar-refractivity contribution < 1.29 is 0 Å². The summed E-state index contributed by atoms with van der Waals surface area (Å²) in [6.07, 6.45) is 5.08. The maximum Gasteiger partial charge on any atom is 0.00103 e. The third kappa shape index (κ3) is 8.26. The van der Waals surface area contributed by atoms with Crippen LogP contribution in [0.2, 0.25) is 0 Å². The van der Waals surface area contributed by atoms with Gasteiger partial charge in [-0.2, -0.15) is 0 Å². The lowest BCUT2D eigenvalue weighted by atomic mass is 9.97. The molecule has 0 saturated carbocycles. The summed E-state index contributed by atoms with van der Waals surface area (Å²) in [4.78, 5) is 0. The van der Waals surface area contributed by atoms with Gasteiger partial charge >= 0.3 is 0 Å². The van der Waals surface area contributed by atoms with Crippen LogP contribution in [0, 0.1) is 5.92 Å². The molecule has 0 fully saturated rings. The van der Waals surface area contributed by atoms with Crippen LogP contribution in [0.4, 0.5) is 0 Å². The van der Waals surface area contributed by atoms with Gasteiger partial charge in [-0.25, -0.2) is 0 Å². The Balaban J connectivity index is 3.27. The van der Waals surface area contributed by atoms with Crippen LogP contribution in [0.1, 0.15) is 46.5 Å². The van der Waals surface area contributed by atoms with Gasteiger partial charge in [0.1, 0.15) is 0 Å². The standard InChI is InChI=1S/C11H26N2/c1-4-11(7-8-12)6-5-9-13-10(2)3/h10-11,13H,4-9,12H2,1-3H3. The summed E-state index contributed by atoms with van der Waals surface area (Å²) < 4.78 is 0. The van der Waals surface area contributed by atoms with Gasteiger partial charge in [0.05, 0.1) is 0 Å². The molecule has 0 aliphatic carbocycles. The van der Waals surface area contributed by atoms with E-state index >= 15 is 0 Å². The lowest BCUT2D eigenvalue weighted by molar-refractivity contribution is 0.417. The predicted octanol–water partition coefficient (Wildman–Crippen LogP) is 2.14. The highest BCUT2D eigenvalue weighted by atomic mass is 14.9. The van der Waals surface area contributed by atoms with E-state index in [1.807, 2.05) is 0 Å². The van der Waals surface area contributed by atoms with E-state index in [1.54, 1.807) is 0 Å². The quantitative estimate of drug-likeness (QED) is 0.570. The van der Waals surface area contributed by atoms with Gasteiger partial charge < -0.3 is 11.1 Å². The van der Waals surface area contributed by atoms with E-state index in [2.05, 4.69) is 26.1 Å². The fourth-order valence-corrected chi connectivity index (χ4v) is 1.57. The molecule has 0 aromatic carbocycles. The molecule has 0 saturated heterocycles. The van der Waals surface area contributed by atoms with E-state index in [9.17, 15) is 0 Å². The van der Waals surface area contributed by atoms with Gasteiger partial charge in [-0.3, -0.25) is 0 Å². The van der Waals surface area contributed by atoms with E-state index in [-0.39, 0.29) is 0 Å². The topological polar surface area (TPSA) is 38.0 Å². The van der Waals surface area contributed by atoms with Crippen molar-refractivity contribution in [1.82, 2.24) is 5.32 Å². The molecule has 2 heteroatoms. The monoisotopic (exact) mass is 186 g/mol. The summed E-state index contributed by atoms with van der Waals surface area (Å²) in [5, 5.41) is 3.44. The number of rotatable bonds is 8. The average molecular weight is 186 g/mol. The smallest absolute Gasteiger partial charge is 0.00103 e. The highest BCUT2D eigenvalue weighted by molar-refractivity contribution is 4.60. The van der Waals surface area contributed by atoms with Gasteiger partial charge in [-0.15, -0.1) is 0 Å². The van der Waals surface area contributed by atoms with Gasteiger partial charge in [0, 0.05) is 6.04 Å². The third-order valence-electron chi connectivity index (χ3n) is 2.49. The van der Waals surface area contributed by atoms with Crippen LogP contribution < -0.4 is 11.1 Å². The summed E-state index contributed by atoms with van der Waals surface area (Å²) in [6, 6.07) is 0.620. The van der Waals surface area contributed by atoms with Gasteiger partial charge in [-0.05, 0) is 38.3 Å².